The van der Waals surface area contributed by atoms with Crippen molar-refractivity contribution >= 4 is 41.2 Å². The van der Waals surface area contributed by atoms with Crippen molar-refractivity contribution in [1.29, 1.82) is 5.26 Å². The molecule has 0 aliphatic carbocycles. The molecule has 1 aliphatic heterocycles. The van der Waals surface area contributed by atoms with Gasteiger partial charge in [0.15, 0.2) is 0 Å². The fraction of sp³-hybridized carbons (Fsp3) is 0.444. The molecule has 0 aromatic carbocycles. The Balaban J connectivity index is 1.92. The van der Waals surface area contributed by atoms with Crippen LogP contribution in [0, 0.1) is 11.3 Å². The van der Waals surface area contributed by atoms with Gasteiger partial charge < -0.3 is 4.90 Å². The third-order valence-electron chi connectivity index (χ3n) is 3.96. The Morgan fingerprint density at radius 3 is 3.00 bits per heavy atom. The molecule has 0 fully saturated rings. The molecule has 136 valence electrons. The Morgan fingerprint density at radius 2 is 2.35 bits per heavy atom. The Labute approximate surface area is 167 Å². The zero-order chi connectivity index (χ0) is 18.4. The Morgan fingerprint density at radius 1 is 1.46 bits per heavy atom. The number of hydrogen-bond donors (Lipinski definition) is 0. The highest BCUT2D eigenvalue weighted by Crippen LogP contribution is 2.35. The minimum Gasteiger partial charge on any atom is -0.363 e. The molecule has 3 heterocycles. The van der Waals surface area contributed by atoms with Gasteiger partial charge in [-0.05, 0) is 18.2 Å². The van der Waals surface area contributed by atoms with Gasteiger partial charge in [0.25, 0.3) is 0 Å². The zero-order valence-electron chi connectivity index (χ0n) is 14.9. The van der Waals surface area contributed by atoms with Gasteiger partial charge in [-0.15, -0.1) is 11.3 Å². The number of rotatable bonds is 8. The lowest BCUT2D eigenvalue weighted by atomic mass is 10.0. The number of nitriles is 1. The average Bonchev–Trinajstić information content (AvgIpc) is 3.32. The van der Waals surface area contributed by atoms with Crippen LogP contribution < -0.4 is 0 Å². The minimum absolute atomic E-state index is 0.0246. The van der Waals surface area contributed by atoms with Gasteiger partial charge in [-0.1, -0.05) is 25.1 Å². The lowest BCUT2D eigenvalue weighted by Crippen LogP contribution is -2.15. The fourth-order valence-corrected chi connectivity index (χ4v) is 5.43. The summed E-state index contributed by atoms with van der Waals surface area (Å²) in [5.41, 5.74) is 2.44. The van der Waals surface area contributed by atoms with Gasteiger partial charge in [0.2, 0.25) is 0 Å². The highest BCUT2D eigenvalue weighted by molar-refractivity contribution is 8.15. The summed E-state index contributed by atoms with van der Waals surface area (Å²) in [6.45, 7) is 2.98. The van der Waals surface area contributed by atoms with E-state index in [0.717, 1.165) is 38.7 Å². The lowest BCUT2D eigenvalue weighted by molar-refractivity contribution is 0.514. The summed E-state index contributed by atoms with van der Waals surface area (Å²) in [6, 6.07) is 4.35. The third kappa shape index (κ3) is 4.58. The normalized spacial score (nSPS) is 16.2. The molecule has 1 atom stereocenters. The Bertz CT molecular complexity index is 798. The molecule has 0 saturated carbocycles. The first-order valence-corrected chi connectivity index (χ1v) is 11.5. The predicted octanol–water partition coefficient (Wildman–Crippen LogP) is 4.67. The van der Waals surface area contributed by atoms with Crippen molar-refractivity contribution < 1.29 is 0 Å². The highest BCUT2D eigenvalue weighted by atomic mass is 32.2. The summed E-state index contributed by atoms with van der Waals surface area (Å²) in [6.07, 6.45) is 6.05. The van der Waals surface area contributed by atoms with Crippen molar-refractivity contribution in [2.24, 2.45) is 4.99 Å². The summed E-state index contributed by atoms with van der Waals surface area (Å²) in [5.74, 6) is 1.14. The van der Waals surface area contributed by atoms with Crippen molar-refractivity contribution in [3.8, 4) is 16.8 Å². The van der Waals surface area contributed by atoms with Crippen molar-refractivity contribution in [3.63, 3.8) is 0 Å². The highest BCUT2D eigenvalue weighted by Gasteiger charge is 2.24. The maximum absolute atomic E-state index is 9.80. The van der Waals surface area contributed by atoms with E-state index in [1.165, 1.54) is 12.8 Å². The molecule has 2 aromatic heterocycles. The first-order valence-electron chi connectivity index (χ1n) is 8.52. The molecule has 0 N–H and O–H groups in total. The van der Waals surface area contributed by atoms with Gasteiger partial charge >= 0.3 is 0 Å². The summed E-state index contributed by atoms with van der Waals surface area (Å²) in [7, 11) is 2.00. The van der Waals surface area contributed by atoms with Gasteiger partial charge in [0.1, 0.15) is 21.8 Å². The van der Waals surface area contributed by atoms with Gasteiger partial charge in [0.05, 0.1) is 17.9 Å². The van der Waals surface area contributed by atoms with Crippen LogP contribution in [0.1, 0.15) is 36.9 Å². The van der Waals surface area contributed by atoms with E-state index < -0.39 is 0 Å². The smallest absolute Gasteiger partial charge is 0.141 e. The number of nitrogens with zero attached hydrogens (tertiary/aromatic N) is 5. The van der Waals surface area contributed by atoms with E-state index in [1.54, 1.807) is 29.3 Å². The Hall–Kier alpha value is -1.56. The number of thioether (sulfide) groups is 2. The van der Waals surface area contributed by atoms with Crippen LogP contribution in [0.4, 0.5) is 0 Å². The molecule has 0 radical (unpaired) electrons. The molecule has 1 aliphatic rings. The molecule has 1 unspecified atom stereocenters. The summed E-state index contributed by atoms with van der Waals surface area (Å²) >= 11 is 5.11. The van der Waals surface area contributed by atoms with Crippen LogP contribution in [0.25, 0.3) is 10.7 Å². The van der Waals surface area contributed by atoms with E-state index >= 15 is 0 Å². The molecule has 3 rings (SSSR count). The van der Waals surface area contributed by atoms with Crippen LogP contribution in [-0.4, -0.2) is 45.6 Å². The van der Waals surface area contributed by atoms with Crippen LogP contribution in [0.3, 0.4) is 0 Å². The van der Waals surface area contributed by atoms with Gasteiger partial charge in [0, 0.05) is 35.8 Å². The maximum atomic E-state index is 9.80. The molecule has 0 bridgehead atoms. The second kappa shape index (κ2) is 9.40. The molecular weight excluding hydrogens is 382 g/mol. The summed E-state index contributed by atoms with van der Waals surface area (Å²) in [5, 5.41) is 14.3. The largest absolute Gasteiger partial charge is 0.363 e. The molecule has 0 saturated heterocycles. The minimum atomic E-state index is -0.0246. The molecule has 2 aromatic rings. The van der Waals surface area contributed by atoms with Crippen LogP contribution in [0.2, 0.25) is 0 Å². The molecule has 8 heteroatoms. The standard InChI is InChI=1S/C18H21N5S3/c1-3-4-6-24-12-26-17-14(9-19)13(16-10-23(2)11-21-16)8-15(22-17)18-20-5-7-25-18/h5,7-8,11,16H,3-4,6,10,12H2,1-2H3. The van der Waals surface area contributed by atoms with E-state index in [4.69, 9.17) is 4.98 Å². The van der Waals surface area contributed by atoms with Gasteiger partial charge in [-0.3, -0.25) is 4.99 Å². The zero-order valence-corrected chi connectivity index (χ0v) is 17.3. The first kappa shape index (κ1) is 19.2. The van der Waals surface area contributed by atoms with Crippen molar-refractivity contribution in [2.75, 3.05) is 24.4 Å². The van der Waals surface area contributed by atoms with Crippen molar-refractivity contribution in [2.45, 2.75) is 30.8 Å². The SMILES string of the molecule is CCCCSCSc1nc(-c2nccs2)cc(C2CN(C)C=N2)c1C#N. The summed E-state index contributed by atoms with van der Waals surface area (Å²) in [4.78, 5) is 15.8. The summed E-state index contributed by atoms with van der Waals surface area (Å²) < 4.78 is 0. The van der Waals surface area contributed by atoms with Crippen molar-refractivity contribution in [3.05, 3.63) is 28.8 Å². The topological polar surface area (TPSA) is 65.2 Å². The molecule has 0 amide bonds. The van der Waals surface area contributed by atoms with E-state index in [2.05, 4.69) is 23.0 Å². The third-order valence-corrected chi connectivity index (χ3v) is 7.04. The number of aromatic nitrogens is 2. The number of unbranched alkanes of at least 4 members (excludes halogenated alkanes) is 1. The molecule has 5 nitrogen and oxygen atoms in total. The van der Waals surface area contributed by atoms with Gasteiger partial charge in [-0.2, -0.15) is 17.0 Å². The van der Waals surface area contributed by atoms with E-state index in [0.29, 0.717) is 5.56 Å². The molecule has 0 spiro atoms. The molecular formula is C18H21N5S3. The first-order chi connectivity index (χ1) is 12.7. The van der Waals surface area contributed by atoms with Crippen LogP contribution in [0.15, 0.2) is 27.7 Å². The number of thiazole rings is 1. The predicted molar refractivity (Wildman–Crippen MR) is 112 cm³/mol. The average molecular weight is 404 g/mol. The second-order valence-electron chi connectivity index (χ2n) is 5.97. The number of likely N-dealkylation sites (N-methyl/N-ethyl adjacent to an activating group) is 1. The number of hydrogen-bond acceptors (Lipinski definition) is 8. The van der Waals surface area contributed by atoms with Crippen molar-refractivity contribution in [1.82, 2.24) is 14.9 Å². The van der Waals surface area contributed by atoms with Gasteiger partial charge in [-0.25, -0.2) is 9.97 Å². The number of aliphatic imine (C=N–C) groups is 1. The van der Waals surface area contributed by atoms with Crippen LogP contribution >= 0.6 is 34.9 Å². The van der Waals surface area contributed by atoms with E-state index in [-0.39, 0.29) is 6.04 Å². The van der Waals surface area contributed by atoms with Crippen LogP contribution in [0.5, 0.6) is 0 Å². The van der Waals surface area contributed by atoms with E-state index in [9.17, 15) is 5.26 Å². The second-order valence-corrected chi connectivity index (χ2v) is 9.30. The monoisotopic (exact) mass is 403 g/mol. The lowest BCUT2D eigenvalue weighted by Gasteiger charge is -2.15. The molecule has 26 heavy (non-hydrogen) atoms. The Kier molecular flexibility index (Phi) is 6.94. The van der Waals surface area contributed by atoms with E-state index in [1.807, 2.05) is 41.5 Å². The number of pyridine rings is 1. The quantitative estimate of drug-likeness (QED) is 0.362. The fourth-order valence-electron chi connectivity index (χ4n) is 2.62. The maximum Gasteiger partial charge on any atom is 0.141 e. The van der Waals surface area contributed by atoms with Crippen LogP contribution in [-0.2, 0) is 0 Å².